The van der Waals surface area contributed by atoms with E-state index in [1.165, 1.54) is 12.1 Å². The lowest BCUT2D eigenvalue weighted by Gasteiger charge is -2.14. The third-order valence-corrected chi connectivity index (χ3v) is 2.38. The monoisotopic (exact) mass is 211 g/mol. The van der Waals surface area contributed by atoms with E-state index < -0.39 is 0 Å². The Morgan fingerprint density at radius 3 is 2.40 bits per heavy atom. The van der Waals surface area contributed by atoms with E-state index in [4.69, 9.17) is 5.11 Å². The van der Waals surface area contributed by atoms with E-state index in [9.17, 15) is 4.39 Å². The number of rotatable bonds is 5. The van der Waals surface area contributed by atoms with Crippen LogP contribution in [0, 0.1) is 5.82 Å². The third-order valence-electron chi connectivity index (χ3n) is 2.38. The number of nitrogens with one attached hydrogen (secondary N) is 1. The van der Waals surface area contributed by atoms with Gasteiger partial charge in [-0.25, -0.2) is 4.39 Å². The molecule has 15 heavy (non-hydrogen) atoms. The Balaban J connectivity index is 2.40. The van der Waals surface area contributed by atoms with Crippen molar-refractivity contribution in [1.82, 2.24) is 5.32 Å². The Bertz CT molecular complexity index is 284. The third kappa shape index (κ3) is 4.40. The smallest absolute Gasteiger partial charge is 0.123 e. The summed E-state index contributed by atoms with van der Waals surface area (Å²) in [4.78, 5) is 0. The first kappa shape index (κ1) is 12.1. The highest BCUT2D eigenvalue weighted by Gasteiger charge is 2.04. The van der Waals surface area contributed by atoms with E-state index >= 15 is 0 Å². The van der Waals surface area contributed by atoms with E-state index in [0.29, 0.717) is 0 Å². The Morgan fingerprint density at radius 2 is 1.87 bits per heavy atom. The number of hydrogen-bond acceptors (Lipinski definition) is 2. The molecule has 1 rings (SSSR count). The van der Waals surface area contributed by atoms with Gasteiger partial charge in [-0.05, 0) is 44.5 Å². The maximum absolute atomic E-state index is 12.7. The number of aliphatic hydroxyl groups is 1. The SMILES string of the molecule is C[C@@H](O)CCN[C@H](C)c1ccc(F)cc1. The molecule has 2 atom stereocenters. The fourth-order valence-corrected chi connectivity index (χ4v) is 1.38. The molecule has 0 aromatic heterocycles. The first-order valence-corrected chi connectivity index (χ1v) is 5.26. The lowest BCUT2D eigenvalue weighted by molar-refractivity contribution is 0.182. The lowest BCUT2D eigenvalue weighted by atomic mass is 10.1. The maximum atomic E-state index is 12.7. The molecule has 1 aromatic rings. The minimum absolute atomic E-state index is 0.185. The van der Waals surface area contributed by atoms with Gasteiger partial charge < -0.3 is 10.4 Å². The Labute approximate surface area is 90.1 Å². The maximum Gasteiger partial charge on any atom is 0.123 e. The highest BCUT2D eigenvalue weighted by Crippen LogP contribution is 2.12. The van der Waals surface area contributed by atoms with Gasteiger partial charge in [0.2, 0.25) is 0 Å². The van der Waals surface area contributed by atoms with Gasteiger partial charge in [0.05, 0.1) is 6.10 Å². The molecule has 0 aliphatic carbocycles. The second kappa shape index (κ2) is 5.83. The molecule has 0 saturated heterocycles. The van der Waals surface area contributed by atoms with Crippen LogP contribution in [0.5, 0.6) is 0 Å². The Kier molecular flexibility index (Phi) is 4.72. The molecule has 0 fully saturated rings. The van der Waals surface area contributed by atoms with Gasteiger partial charge >= 0.3 is 0 Å². The van der Waals surface area contributed by atoms with E-state index in [-0.39, 0.29) is 18.0 Å². The normalized spacial score (nSPS) is 14.9. The fourth-order valence-electron chi connectivity index (χ4n) is 1.38. The molecule has 0 bridgehead atoms. The van der Waals surface area contributed by atoms with Gasteiger partial charge in [-0.15, -0.1) is 0 Å². The van der Waals surface area contributed by atoms with Crippen LogP contribution in [0.3, 0.4) is 0 Å². The van der Waals surface area contributed by atoms with Crippen molar-refractivity contribution in [2.75, 3.05) is 6.54 Å². The molecule has 3 heteroatoms. The molecule has 1 aromatic carbocycles. The lowest BCUT2D eigenvalue weighted by Crippen LogP contribution is -2.22. The molecule has 0 amide bonds. The minimum atomic E-state index is -0.280. The van der Waals surface area contributed by atoms with Crippen molar-refractivity contribution in [1.29, 1.82) is 0 Å². The number of aliphatic hydroxyl groups excluding tert-OH is 1. The van der Waals surface area contributed by atoms with Crippen molar-refractivity contribution < 1.29 is 9.50 Å². The summed E-state index contributed by atoms with van der Waals surface area (Å²) in [6.45, 7) is 4.55. The molecule has 0 spiro atoms. The number of benzene rings is 1. The van der Waals surface area contributed by atoms with Crippen molar-refractivity contribution in [3.8, 4) is 0 Å². The standard InChI is InChI=1S/C12H18FNO/c1-9(15)7-8-14-10(2)11-3-5-12(13)6-4-11/h3-6,9-10,14-15H,7-8H2,1-2H3/t9-,10-/m1/s1. The van der Waals surface area contributed by atoms with Gasteiger partial charge in [-0.3, -0.25) is 0 Å². The molecule has 0 aliphatic heterocycles. The highest BCUT2D eigenvalue weighted by atomic mass is 19.1. The molecule has 0 unspecified atom stereocenters. The van der Waals surface area contributed by atoms with Gasteiger partial charge in [-0.2, -0.15) is 0 Å². The average molecular weight is 211 g/mol. The van der Waals surface area contributed by atoms with E-state index in [0.717, 1.165) is 18.5 Å². The summed E-state index contributed by atoms with van der Waals surface area (Å²) in [7, 11) is 0. The zero-order valence-corrected chi connectivity index (χ0v) is 9.20. The summed E-state index contributed by atoms with van der Waals surface area (Å²) < 4.78 is 12.7. The number of halogens is 1. The zero-order chi connectivity index (χ0) is 11.3. The first-order valence-electron chi connectivity index (χ1n) is 5.26. The Morgan fingerprint density at radius 1 is 1.27 bits per heavy atom. The molecule has 2 N–H and O–H groups in total. The largest absolute Gasteiger partial charge is 0.393 e. The molecule has 84 valence electrons. The van der Waals surface area contributed by atoms with Gasteiger partial charge in [0, 0.05) is 6.04 Å². The van der Waals surface area contributed by atoms with Crippen molar-refractivity contribution in [2.24, 2.45) is 0 Å². The summed E-state index contributed by atoms with van der Waals surface area (Å²) in [5.74, 6) is -0.213. The molecule has 2 nitrogen and oxygen atoms in total. The van der Waals surface area contributed by atoms with E-state index in [2.05, 4.69) is 5.32 Å². The van der Waals surface area contributed by atoms with Crippen molar-refractivity contribution in [3.63, 3.8) is 0 Å². The molecule has 0 aliphatic rings. The van der Waals surface area contributed by atoms with Crippen LogP contribution in [0.2, 0.25) is 0 Å². The van der Waals surface area contributed by atoms with Crippen molar-refractivity contribution in [3.05, 3.63) is 35.6 Å². The molecule has 0 saturated carbocycles. The predicted octanol–water partition coefficient (Wildman–Crippen LogP) is 2.25. The van der Waals surface area contributed by atoms with Crippen LogP contribution >= 0.6 is 0 Å². The van der Waals surface area contributed by atoms with E-state index in [1.54, 1.807) is 19.1 Å². The quantitative estimate of drug-likeness (QED) is 0.783. The average Bonchev–Trinajstić information content (AvgIpc) is 2.18. The van der Waals surface area contributed by atoms with Gasteiger partial charge in [0.15, 0.2) is 0 Å². The summed E-state index contributed by atoms with van der Waals surface area (Å²) >= 11 is 0. The van der Waals surface area contributed by atoms with Crippen LogP contribution < -0.4 is 5.32 Å². The van der Waals surface area contributed by atoms with Crippen molar-refractivity contribution >= 4 is 0 Å². The summed E-state index contributed by atoms with van der Waals surface area (Å²) in [6.07, 6.45) is 0.448. The second-order valence-electron chi connectivity index (χ2n) is 3.87. The van der Waals surface area contributed by atoms with Crippen molar-refractivity contribution in [2.45, 2.75) is 32.4 Å². The van der Waals surface area contributed by atoms with Crippen LogP contribution in [-0.4, -0.2) is 17.8 Å². The van der Waals surface area contributed by atoms with Crippen LogP contribution in [0.15, 0.2) is 24.3 Å². The molecular formula is C12H18FNO. The van der Waals surface area contributed by atoms with Gasteiger partial charge in [-0.1, -0.05) is 12.1 Å². The van der Waals surface area contributed by atoms with Crippen LogP contribution in [0.25, 0.3) is 0 Å². The molecule has 0 radical (unpaired) electrons. The summed E-state index contributed by atoms with van der Waals surface area (Å²) in [5, 5.41) is 12.3. The summed E-state index contributed by atoms with van der Waals surface area (Å²) in [5.41, 5.74) is 1.06. The Hall–Kier alpha value is -0.930. The second-order valence-corrected chi connectivity index (χ2v) is 3.87. The first-order chi connectivity index (χ1) is 7.09. The number of hydrogen-bond donors (Lipinski definition) is 2. The fraction of sp³-hybridized carbons (Fsp3) is 0.500. The summed E-state index contributed by atoms with van der Waals surface area (Å²) in [6, 6.07) is 6.65. The highest BCUT2D eigenvalue weighted by molar-refractivity contribution is 5.19. The van der Waals surface area contributed by atoms with E-state index in [1.807, 2.05) is 6.92 Å². The molecule has 0 heterocycles. The topological polar surface area (TPSA) is 32.3 Å². The predicted molar refractivity (Wildman–Crippen MR) is 59.1 cm³/mol. The van der Waals surface area contributed by atoms with Crippen LogP contribution in [0.1, 0.15) is 31.9 Å². The van der Waals surface area contributed by atoms with Crippen LogP contribution in [0.4, 0.5) is 4.39 Å². The minimum Gasteiger partial charge on any atom is -0.393 e. The molecular weight excluding hydrogens is 193 g/mol. The van der Waals surface area contributed by atoms with Gasteiger partial charge in [0.25, 0.3) is 0 Å². The van der Waals surface area contributed by atoms with Crippen LogP contribution in [-0.2, 0) is 0 Å². The zero-order valence-electron chi connectivity index (χ0n) is 9.20. The van der Waals surface area contributed by atoms with Gasteiger partial charge in [0.1, 0.15) is 5.82 Å².